The topological polar surface area (TPSA) is 61.4 Å². The molecule has 2 aromatic rings. The van der Waals surface area contributed by atoms with E-state index in [1.54, 1.807) is 6.33 Å². The van der Waals surface area contributed by atoms with E-state index in [0.29, 0.717) is 13.1 Å². The van der Waals surface area contributed by atoms with Crippen LogP contribution in [0.5, 0.6) is 0 Å². The summed E-state index contributed by atoms with van der Waals surface area (Å²) in [6.07, 6.45) is 5.53. The van der Waals surface area contributed by atoms with E-state index < -0.39 is 0 Å². The van der Waals surface area contributed by atoms with Gasteiger partial charge in [-0.2, -0.15) is 0 Å². The maximum Gasteiger partial charge on any atom is 0.264 e. The quantitative estimate of drug-likeness (QED) is 0.679. The van der Waals surface area contributed by atoms with Gasteiger partial charge >= 0.3 is 0 Å². The number of piperidine rings is 1. The van der Waals surface area contributed by atoms with Gasteiger partial charge in [-0.25, -0.2) is 9.97 Å². The molecule has 2 aromatic heterocycles. The number of carbonyl (C=O) groups is 1. The van der Waals surface area contributed by atoms with Crippen molar-refractivity contribution in [3.63, 3.8) is 0 Å². The molecule has 28 heavy (non-hydrogen) atoms. The van der Waals surface area contributed by atoms with Crippen molar-refractivity contribution in [3.8, 4) is 0 Å². The summed E-state index contributed by atoms with van der Waals surface area (Å²) in [6, 6.07) is 0. The normalized spacial score (nSPS) is 15.0. The molecule has 3 heterocycles. The summed E-state index contributed by atoms with van der Waals surface area (Å²) in [4.78, 5) is 27.9. The molecule has 0 bridgehead atoms. The smallest absolute Gasteiger partial charge is 0.264 e. The molecule has 1 amide bonds. The second kappa shape index (κ2) is 9.47. The highest BCUT2D eigenvalue weighted by molar-refractivity contribution is 7.20. The minimum atomic E-state index is 0.0465. The molecule has 0 aliphatic carbocycles. The number of amides is 1. The average Bonchev–Trinajstić information content (AvgIpc) is 3.04. The highest BCUT2D eigenvalue weighted by Gasteiger charge is 2.23. The van der Waals surface area contributed by atoms with Crippen molar-refractivity contribution >= 4 is 33.3 Å². The third-order valence-electron chi connectivity index (χ3n) is 5.22. The summed E-state index contributed by atoms with van der Waals surface area (Å²) in [5, 5.41) is 4.45. The zero-order chi connectivity index (χ0) is 20.1. The fraction of sp³-hybridized carbons (Fsp3) is 0.571. The molecule has 0 radical (unpaired) electrons. The lowest BCUT2D eigenvalue weighted by molar-refractivity contribution is 0.0782. The lowest BCUT2D eigenvalue weighted by Crippen LogP contribution is -2.33. The SMILES string of the molecule is C=C(C)CN(CC)C(=O)c1sc2ncnc(NCCN3CCCCC3)c2c1C. The van der Waals surface area contributed by atoms with E-state index in [0.717, 1.165) is 45.1 Å². The van der Waals surface area contributed by atoms with Crippen LogP contribution in [0.1, 0.15) is 48.3 Å². The van der Waals surface area contributed by atoms with E-state index in [2.05, 4.69) is 26.8 Å². The van der Waals surface area contributed by atoms with Gasteiger partial charge in [-0.3, -0.25) is 4.79 Å². The Morgan fingerprint density at radius 3 is 2.75 bits per heavy atom. The molecule has 0 spiro atoms. The third-order valence-corrected chi connectivity index (χ3v) is 6.41. The summed E-state index contributed by atoms with van der Waals surface area (Å²) in [5.74, 6) is 0.878. The van der Waals surface area contributed by atoms with Crippen LogP contribution in [0.2, 0.25) is 0 Å². The number of carbonyl (C=O) groups excluding carboxylic acids is 1. The number of hydrogen-bond acceptors (Lipinski definition) is 6. The Balaban J connectivity index is 1.78. The van der Waals surface area contributed by atoms with E-state index in [4.69, 9.17) is 0 Å². The molecule has 6 nitrogen and oxygen atoms in total. The van der Waals surface area contributed by atoms with E-state index >= 15 is 0 Å². The number of fused-ring (bicyclic) bond motifs is 1. The molecule has 0 aromatic carbocycles. The number of hydrogen-bond donors (Lipinski definition) is 1. The Hall–Kier alpha value is -1.99. The minimum Gasteiger partial charge on any atom is -0.368 e. The van der Waals surface area contributed by atoms with Gasteiger partial charge in [0.25, 0.3) is 5.91 Å². The van der Waals surface area contributed by atoms with Gasteiger partial charge in [0.2, 0.25) is 0 Å². The zero-order valence-corrected chi connectivity index (χ0v) is 18.1. The second-order valence-electron chi connectivity index (χ2n) is 7.56. The molecule has 0 atom stereocenters. The van der Waals surface area contributed by atoms with Gasteiger partial charge in [-0.05, 0) is 52.3 Å². The maximum absolute atomic E-state index is 13.1. The van der Waals surface area contributed by atoms with Crippen LogP contribution in [0.3, 0.4) is 0 Å². The summed E-state index contributed by atoms with van der Waals surface area (Å²) in [7, 11) is 0. The number of thiophene rings is 1. The molecule has 0 unspecified atom stereocenters. The van der Waals surface area contributed by atoms with Crippen molar-refractivity contribution in [1.82, 2.24) is 19.8 Å². The van der Waals surface area contributed by atoms with Gasteiger partial charge in [0.1, 0.15) is 17.0 Å². The van der Waals surface area contributed by atoms with Crippen LogP contribution in [0.25, 0.3) is 10.2 Å². The summed E-state index contributed by atoms with van der Waals surface area (Å²) < 4.78 is 0. The van der Waals surface area contributed by atoms with Crippen molar-refractivity contribution in [2.75, 3.05) is 44.6 Å². The molecule has 0 saturated carbocycles. The molecular formula is C21H31N5OS. The van der Waals surface area contributed by atoms with Crippen molar-refractivity contribution in [3.05, 3.63) is 28.9 Å². The molecule has 1 N–H and O–H groups in total. The molecule has 1 aliphatic heterocycles. The van der Waals surface area contributed by atoms with Crippen LogP contribution < -0.4 is 5.32 Å². The largest absolute Gasteiger partial charge is 0.368 e. The average molecular weight is 402 g/mol. The van der Waals surface area contributed by atoms with Crippen molar-refractivity contribution in [2.24, 2.45) is 0 Å². The van der Waals surface area contributed by atoms with Crippen molar-refractivity contribution in [2.45, 2.75) is 40.0 Å². The Kier molecular flexibility index (Phi) is 7.02. The van der Waals surface area contributed by atoms with Crippen LogP contribution in [-0.2, 0) is 0 Å². The minimum absolute atomic E-state index is 0.0465. The first-order valence-corrected chi connectivity index (χ1v) is 11.0. The van der Waals surface area contributed by atoms with Gasteiger partial charge in [0.05, 0.1) is 10.3 Å². The Bertz CT molecular complexity index is 841. The fourth-order valence-corrected chi connectivity index (χ4v) is 4.84. The number of aryl methyl sites for hydroxylation is 1. The molecular weight excluding hydrogens is 370 g/mol. The Labute approximate surface area is 171 Å². The van der Waals surface area contributed by atoms with E-state index in [-0.39, 0.29) is 5.91 Å². The fourth-order valence-electron chi connectivity index (χ4n) is 3.72. The van der Waals surface area contributed by atoms with Crippen LogP contribution in [0.4, 0.5) is 5.82 Å². The monoisotopic (exact) mass is 401 g/mol. The molecule has 1 fully saturated rings. The number of nitrogens with zero attached hydrogens (tertiary/aromatic N) is 4. The summed E-state index contributed by atoms with van der Waals surface area (Å²) >= 11 is 1.46. The highest BCUT2D eigenvalue weighted by atomic mass is 32.1. The predicted molar refractivity (Wildman–Crippen MR) is 117 cm³/mol. The highest BCUT2D eigenvalue weighted by Crippen LogP contribution is 2.34. The van der Waals surface area contributed by atoms with Crippen LogP contribution >= 0.6 is 11.3 Å². The van der Waals surface area contributed by atoms with Crippen LogP contribution in [0, 0.1) is 6.92 Å². The van der Waals surface area contributed by atoms with Gasteiger partial charge < -0.3 is 15.1 Å². The van der Waals surface area contributed by atoms with E-state index in [1.165, 1.54) is 43.7 Å². The lowest BCUT2D eigenvalue weighted by Gasteiger charge is -2.26. The third kappa shape index (κ3) is 4.70. The number of nitrogens with one attached hydrogen (secondary N) is 1. The first kappa shape index (κ1) is 20.7. The maximum atomic E-state index is 13.1. The van der Waals surface area contributed by atoms with Crippen molar-refractivity contribution in [1.29, 1.82) is 0 Å². The van der Waals surface area contributed by atoms with Crippen LogP contribution in [-0.4, -0.2) is 64.9 Å². The number of likely N-dealkylation sites (tertiary alicyclic amines) is 1. The Morgan fingerprint density at radius 1 is 1.32 bits per heavy atom. The molecule has 152 valence electrons. The summed E-state index contributed by atoms with van der Waals surface area (Å²) in [5.41, 5.74) is 1.94. The first-order chi connectivity index (χ1) is 13.5. The van der Waals surface area contributed by atoms with E-state index in [1.807, 2.05) is 25.7 Å². The number of likely N-dealkylation sites (N-methyl/N-ethyl adjacent to an activating group) is 1. The number of aromatic nitrogens is 2. The van der Waals surface area contributed by atoms with Gasteiger partial charge in [-0.15, -0.1) is 11.3 Å². The molecule has 1 aliphatic rings. The Morgan fingerprint density at radius 2 is 2.07 bits per heavy atom. The molecule has 1 saturated heterocycles. The van der Waals surface area contributed by atoms with Crippen molar-refractivity contribution < 1.29 is 4.79 Å². The van der Waals surface area contributed by atoms with Gasteiger partial charge in [-0.1, -0.05) is 18.6 Å². The van der Waals surface area contributed by atoms with Gasteiger partial charge in [0, 0.05) is 26.2 Å². The van der Waals surface area contributed by atoms with E-state index in [9.17, 15) is 4.79 Å². The predicted octanol–water partition coefficient (Wildman–Crippen LogP) is 3.94. The van der Waals surface area contributed by atoms with Crippen LogP contribution in [0.15, 0.2) is 18.5 Å². The first-order valence-electron chi connectivity index (χ1n) is 10.1. The number of rotatable bonds is 8. The standard InChI is InChI=1S/C21H31N5OS/c1-5-26(13-15(2)3)21(27)18-16(4)17-19(23-14-24-20(17)28-18)22-9-12-25-10-7-6-8-11-25/h14H,2,5-13H2,1,3-4H3,(H,22,23,24). The second-order valence-corrected chi connectivity index (χ2v) is 8.56. The molecule has 7 heteroatoms. The number of anilines is 1. The van der Waals surface area contributed by atoms with Gasteiger partial charge in [0.15, 0.2) is 0 Å². The lowest BCUT2D eigenvalue weighted by atomic mass is 10.1. The molecule has 3 rings (SSSR count). The summed E-state index contributed by atoms with van der Waals surface area (Å²) in [6.45, 7) is 15.4. The zero-order valence-electron chi connectivity index (χ0n) is 17.3.